The number of halogens is 3. The second-order valence-electron chi connectivity index (χ2n) is 0.575. The zero-order valence-corrected chi connectivity index (χ0v) is 2.21. The molecule has 5 heavy (non-hydrogen) atoms. The Bertz CT molecular complexity index is 69.5. The average Bonchev–Trinajstić information content (AvgIpc) is 1.25. The van der Waals surface area contributed by atoms with Gasteiger partial charge in [-0.2, -0.15) is 0 Å². The molecule has 0 heterocycles. The van der Waals surface area contributed by atoms with Crippen LogP contribution in [0.25, 0.3) is 0 Å². The third-order valence-electron chi connectivity index (χ3n) is 0. The third-order valence-corrected chi connectivity index (χ3v) is 0. The van der Waals surface area contributed by atoms with Gasteiger partial charge in [0.1, 0.15) is 0 Å². The van der Waals surface area contributed by atoms with Crippen molar-refractivity contribution in [3.63, 3.8) is 0 Å². The summed E-state index contributed by atoms with van der Waals surface area (Å²) in [5.74, 6) is 0. The van der Waals surface area contributed by atoms with Crippen LogP contribution in [-0.4, -0.2) is 6.98 Å². The Kier molecular flexibility index (Phi) is 0.281. The van der Waals surface area contributed by atoms with Gasteiger partial charge in [-0.15, -0.1) is 0 Å². The monoisotopic (exact) mass is 87.1 g/mol. The number of hydrogen-bond donors (Lipinski definition) is 0. The Morgan fingerprint density at radius 2 is 1.80 bits per heavy atom. The maximum absolute atomic E-state index is 11.1. The first-order valence-electron chi connectivity index (χ1n) is 2.44. The van der Waals surface area contributed by atoms with E-state index in [9.17, 15) is 12.9 Å². The molecular weight excluding hydrogens is 80.8 g/mol. The molecule has 0 N–H and O–H groups in total. The van der Waals surface area contributed by atoms with Crippen LogP contribution in [0.3, 0.4) is 0 Å². The van der Waals surface area contributed by atoms with E-state index >= 15 is 0 Å². The lowest BCUT2D eigenvalue weighted by Gasteiger charge is -1.99. The molecule has 0 radical (unpaired) electrons. The lowest BCUT2D eigenvalue weighted by molar-refractivity contribution is 0.487. The molecule has 0 aliphatic rings. The Morgan fingerprint density at radius 1 is 1.60 bits per heavy atom. The van der Waals surface area contributed by atoms with E-state index in [1.165, 1.54) is 0 Å². The first-order chi connectivity index (χ1) is 3.25. The van der Waals surface area contributed by atoms with Gasteiger partial charge in [-0.3, -0.25) is 0 Å². The van der Waals surface area contributed by atoms with Crippen molar-refractivity contribution >= 4 is 6.98 Å². The van der Waals surface area contributed by atoms with E-state index in [1.54, 1.807) is 0 Å². The van der Waals surface area contributed by atoms with Gasteiger partial charge in [-0.05, 0) is 4.11 Å². The van der Waals surface area contributed by atoms with Crippen LogP contribution in [0.1, 0.15) is 4.11 Å². The minimum atomic E-state index is -5.65. The summed E-state index contributed by atoms with van der Waals surface area (Å²) in [4.78, 5) is 0. The quantitative estimate of drug-likeness (QED) is 0.310. The van der Waals surface area contributed by atoms with Gasteiger partial charge < -0.3 is 12.9 Å². The summed E-state index contributed by atoms with van der Waals surface area (Å²) in [6, 6.07) is 0. The fraction of sp³-hybridized carbons (Fsp3) is 1.00. The normalized spacial score (nSPS) is 23.4. The fourth-order valence-corrected chi connectivity index (χ4v) is 0. The lowest BCUT2D eigenvalue weighted by atomic mass is 10.1. The topological polar surface area (TPSA) is 0 Å². The summed E-state index contributed by atoms with van der Waals surface area (Å²) in [7, 11) is 0. The molecule has 0 nitrogen and oxygen atoms in total. The smallest absolute Gasteiger partial charge is 0.449 e. The Labute approximate surface area is 32.3 Å². The van der Waals surface area contributed by atoms with Gasteiger partial charge in [0, 0.05) is 0 Å². The van der Waals surface area contributed by atoms with Crippen LogP contribution in [0.4, 0.5) is 12.9 Å². The van der Waals surface area contributed by atoms with Crippen molar-refractivity contribution < 1.29 is 17.1 Å². The van der Waals surface area contributed by atoms with E-state index in [-0.39, 0.29) is 0 Å². The SMILES string of the molecule is [2H][13C]([2H])([2H])[B-](F)(F)F. The number of hydrogen-bond acceptors (Lipinski definition) is 0. The zero-order chi connectivity index (χ0) is 7.00. The molecule has 0 fully saturated rings. The molecule has 32 valence electrons. The van der Waals surface area contributed by atoms with Crippen LogP contribution in [0, 0.1) is 0 Å². The van der Waals surface area contributed by atoms with Gasteiger partial charge in [0.05, 0.1) is 0 Å². The molecule has 0 spiro atoms. The van der Waals surface area contributed by atoms with Crippen molar-refractivity contribution in [2.45, 2.75) is 6.75 Å². The molecule has 0 saturated heterocycles. The van der Waals surface area contributed by atoms with Gasteiger partial charge in [0.2, 0.25) is 0 Å². The Hall–Kier alpha value is -0.145. The highest BCUT2D eigenvalue weighted by molar-refractivity contribution is 6.56. The van der Waals surface area contributed by atoms with Gasteiger partial charge in [0.15, 0.2) is 0 Å². The standard InChI is InChI=1S/CH3BF3/c1-2(3,4)5/h1H3/q-1/i1+1D3. The second kappa shape index (κ2) is 0.917. The summed E-state index contributed by atoms with van der Waals surface area (Å²) < 4.78 is 50.6. The van der Waals surface area contributed by atoms with Crippen molar-refractivity contribution in [1.82, 2.24) is 0 Å². The van der Waals surface area contributed by atoms with E-state index in [4.69, 9.17) is 4.11 Å². The molecule has 0 saturated carbocycles. The average molecular weight is 86.9 g/mol. The zero-order valence-electron chi connectivity index (χ0n) is 5.21. The molecule has 0 atom stereocenters. The Balaban J connectivity index is 4.02. The highest BCUT2D eigenvalue weighted by Gasteiger charge is 2.11. The van der Waals surface area contributed by atoms with Crippen LogP contribution in [-0.2, 0) is 0 Å². The molecule has 0 aromatic carbocycles. The molecule has 0 aliphatic heterocycles. The van der Waals surface area contributed by atoms with Crippen molar-refractivity contribution in [2.24, 2.45) is 0 Å². The maximum Gasteiger partial charge on any atom is 0.475 e. The van der Waals surface area contributed by atoms with Crippen molar-refractivity contribution in [3.8, 4) is 0 Å². The van der Waals surface area contributed by atoms with Crippen LogP contribution in [0.5, 0.6) is 0 Å². The summed E-state index contributed by atoms with van der Waals surface area (Å²) in [6.07, 6.45) is 0. The molecule has 0 rings (SSSR count). The largest absolute Gasteiger partial charge is 0.475 e. The van der Waals surface area contributed by atoms with Crippen molar-refractivity contribution in [2.75, 3.05) is 0 Å². The molecular formula is CH3BF3-. The molecule has 0 aromatic heterocycles. The van der Waals surface area contributed by atoms with Gasteiger partial charge in [0.25, 0.3) is 0 Å². The summed E-state index contributed by atoms with van der Waals surface area (Å²) in [5.41, 5.74) is 0. The van der Waals surface area contributed by atoms with E-state index < -0.39 is 13.7 Å². The van der Waals surface area contributed by atoms with E-state index in [0.29, 0.717) is 0 Å². The lowest BCUT2D eigenvalue weighted by Crippen LogP contribution is -2.04. The van der Waals surface area contributed by atoms with Gasteiger partial charge in [-0.1, -0.05) is 6.75 Å². The van der Waals surface area contributed by atoms with Crippen molar-refractivity contribution in [3.05, 3.63) is 0 Å². The first kappa shape index (κ1) is 1.54. The van der Waals surface area contributed by atoms with E-state index in [2.05, 4.69) is 0 Å². The fourth-order valence-electron chi connectivity index (χ4n) is 0. The van der Waals surface area contributed by atoms with E-state index in [0.717, 1.165) is 0 Å². The summed E-state index contributed by atoms with van der Waals surface area (Å²) >= 11 is 0. The summed E-state index contributed by atoms with van der Waals surface area (Å²) in [6.45, 7) is -9.40. The third kappa shape index (κ3) is 630. The summed E-state index contributed by atoms with van der Waals surface area (Å²) in [5, 5.41) is 0. The minimum absolute atomic E-state index is 3.75. The molecule has 4 heteroatoms. The Morgan fingerprint density at radius 3 is 1.80 bits per heavy atom. The number of rotatable bonds is 0. The van der Waals surface area contributed by atoms with Crippen LogP contribution >= 0.6 is 0 Å². The molecule has 0 amide bonds. The maximum atomic E-state index is 11.1. The predicted octanol–water partition coefficient (Wildman–Crippen LogP) is 1.46. The van der Waals surface area contributed by atoms with Crippen molar-refractivity contribution in [1.29, 1.82) is 0 Å². The first-order valence-corrected chi connectivity index (χ1v) is 0.943. The highest BCUT2D eigenvalue weighted by atomic mass is 19.4. The van der Waals surface area contributed by atoms with E-state index in [1.807, 2.05) is 0 Å². The molecule has 0 aromatic rings. The molecule has 0 aliphatic carbocycles. The van der Waals surface area contributed by atoms with Gasteiger partial charge in [-0.25, -0.2) is 0 Å². The van der Waals surface area contributed by atoms with Crippen LogP contribution in [0.2, 0.25) is 6.75 Å². The second-order valence-corrected chi connectivity index (χ2v) is 0.575. The molecule has 0 bridgehead atoms. The van der Waals surface area contributed by atoms with Gasteiger partial charge >= 0.3 is 6.98 Å². The molecule has 0 unspecified atom stereocenters. The highest BCUT2D eigenvalue weighted by Crippen LogP contribution is 2.03. The minimum Gasteiger partial charge on any atom is -0.449 e. The van der Waals surface area contributed by atoms with Crippen LogP contribution in [0.15, 0.2) is 0 Å². The van der Waals surface area contributed by atoms with Crippen LogP contribution < -0.4 is 0 Å². The predicted molar refractivity (Wildman–Crippen MR) is 14.9 cm³/mol.